The molecule has 3 aromatic rings. The number of fused-ring (bicyclic) bond motifs is 1. The summed E-state index contributed by atoms with van der Waals surface area (Å²) in [5, 5.41) is 12.6. The minimum atomic E-state index is -0.121. The standard InChI is InChI=1S/C14H11NO3S/c1-7-13(11-6-19-8(2)15-11)14(17)10-4-3-9(16)5-12(10)18-7/h3-6,16H,1-2H3. The van der Waals surface area contributed by atoms with E-state index in [1.165, 1.54) is 23.5 Å². The molecule has 1 N–H and O–H groups in total. The molecule has 0 saturated carbocycles. The Kier molecular flexibility index (Phi) is 2.64. The summed E-state index contributed by atoms with van der Waals surface area (Å²) in [6, 6.07) is 4.49. The van der Waals surface area contributed by atoms with Crippen LogP contribution in [0.2, 0.25) is 0 Å². The van der Waals surface area contributed by atoms with Crippen molar-refractivity contribution in [3.63, 3.8) is 0 Å². The van der Waals surface area contributed by atoms with Crippen LogP contribution in [0.3, 0.4) is 0 Å². The Labute approximate surface area is 113 Å². The number of aromatic nitrogens is 1. The third-order valence-electron chi connectivity index (χ3n) is 2.93. The predicted octanol–water partition coefficient (Wildman–Crippen LogP) is 3.24. The number of thiazole rings is 1. The highest BCUT2D eigenvalue weighted by molar-refractivity contribution is 7.09. The Bertz CT molecular complexity index is 832. The van der Waals surface area contributed by atoms with Crippen LogP contribution in [0.25, 0.3) is 22.2 Å². The van der Waals surface area contributed by atoms with Crippen LogP contribution >= 0.6 is 11.3 Å². The molecule has 0 fully saturated rings. The van der Waals surface area contributed by atoms with Crippen molar-refractivity contribution in [1.82, 2.24) is 4.98 Å². The van der Waals surface area contributed by atoms with Crippen LogP contribution in [0.4, 0.5) is 0 Å². The summed E-state index contributed by atoms with van der Waals surface area (Å²) < 4.78 is 5.62. The molecular formula is C14H11NO3S. The van der Waals surface area contributed by atoms with Crippen LogP contribution in [-0.4, -0.2) is 10.1 Å². The van der Waals surface area contributed by atoms with E-state index in [1.807, 2.05) is 12.3 Å². The first-order valence-corrected chi connectivity index (χ1v) is 6.63. The van der Waals surface area contributed by atoms with E-state index in [9.17, 15) is 9.90 Å². The highest BCUT2D eigenvalue weighted by Gasteiger charge is 2.15. The second kappa shape index (κ2) is 4.20. The zero-order chi connectivity index (χ0) is 13.6. The molecule has 0 aliphatic carbocycles. The molecule has 0 saturated heterocycles. The zero-order valence-electron chi connectivity index (χ0n) is 10.4. The highest BCUT2D eigenvalue weighted by Crippen LogP contribution is 2.26. The molecule has 0 aliphatic rings. The van der Waals surface area contributed by atoms with Crippen LogP contribution in [0.5, 0.6) is 5.75 Å². The molecule has 0 spiro atoms. The normalized spacial score (nSPS) is 11.1. The number of rotatable bonds is 1. The number of benzene rings is 1. The maximum atomic E-state index is 12.5. The topological polar surface area (TPSA) is 63.3 Å². The Morgan fingerprint density at radius 3 is 2.79 bits per heavy atom. The van der Waals surface area contributed by atoms with Gasteiger partial charge in [-0.2, -0.15) is 0 Å². The van der Waals surface area contributed by atoms with Gasteiger partial charge in [-0.1, -0.05) is 0 Å². The van der Waals surface area contributed by atoms with E-state index in [-0.39, 0.29) is 11.2 Å². The monoisotopic (exact) mass is 273 g/mol. The molecule has 1 aromatic carbocycles. The predicted molar refractivity (Wildman–Crippen MR) is 74.7 cm³/mol. The molecular weight excluding hydrogens is 262 g/mol. The lowest BCUT2D eigenvalue weighted by Gasteiger charge is -2.04. The van der Waals surface area contributed by atoms with Gasteiger partial charge in [0, 0.05) is 11.4 Å². The minimum Gasteiger partial charge on any atom is -0.508 e. The van der Waals surface area contributed by atoms with E-state index in [0.29, 0.717) is 28.0 Å². The van der Waals surface area contributed by atoms with Crippen LogP contribution in [0.15, 0.2) is 32.8 Å². The number of hydrogen-bond donors (Lipinski definition) is 1. The van der Waals surface area contributed by atoms with Gasteiger partial charge in [-0.25, -0.2) is 4.98 Å². The maximum absolute atomic E-state index is 12.5. The van der Waals surface area contributed by atoms with Gasteiger partial charge in [-0.15, -0.1) is 11.3 Å². The minimum absolute atomic E-state index is 0.0762. The van der Waals surface area contributed by atoms with Gasteiger partial charge in [-0.05, 0) is 26.0 Å². The SMILES string of the molecule is Cc1nc(-c2c(C)oc3cc(O)ccc3c2=O)cs1. The highest BCUT2D eigenvalue weighted by atomic mass is 32.1. The maximum Gasteiger partial charge on any atom is 0.202 e. The van der Waals surface area contributed by atoms with Crippen molar-refractivity contribution in [2.45, 2.75) is 13.8 Å². The van der Waals surface area contributed by atoms with Crippen molar-refractivity contribution in [1.29, 1.82) is 0 Å². The smallest absolute Gasteiger partial charge is 0.202 e. The second-order valence-corrected chi connectivity index (χ2v) is 5.36. The van der Waals surface area contributed by atoms with Gasteiger partial charge in [0.2, 0.25) is 5.43 Å². The average molecular weight is 273 g/mol. The number of phenols is 1. The van der Waals surface area contributed by atoms with Gasteiger partial charge < -0.3 is 9.52 Å². The Morgan fingerprint density at radius 2 is 2.11 bits per heavy atom. The van der Waals surface area contributed by atoms with Crippen molar-refractivity contribution in [3.8, 4) is 17.0 Å². The van der Waals surface area contributed by atoms with Gasteiger partial charge in [0.15, 0.2) is 0 Å². The molecule has 0 unspecified atom stereocenters. The summed E-state index contributed by atoms with van der Waals surface area (Å²) in [6.45, 7) is 3.62. The van der Waals surface area contributed by atoms with Gasteiger partial charge in [-0.3, -0.25) is 4.79 Å². The lowest BCUT2D eigenvalue weighted by Crippen LogP contribution is -2.07. The van der Waals surface area contributed by atoms with Crippen molar-refractivity contribution in [3.05, 3.63) is 44.6 Å². The van der Waals surface area contributed by atoms with Crippen LogP contribution in [-0.2, 0) is 0 Å². The number of phenolic OH excluding ortho intramolecular Hbond substituents is 1. The number of aryl methyl sites for hydroxylation is 2. The molecule has 0 atom stereocenters. The summed E-state index contributed by atoms with van der Waals surface area (Å²) in [5.74, 6) is 0.584. The molecule has 0 radical (unpaired) electrons. The Balaban J connectivity index is 2.38. The Morgan fingerprint density at radius 1 is 1.32 bits per heavy atom. The van der Waals surface area contributed by atoms with Gasteiger partial charge >= 0.3 is 0 Å². The second-order valence-electron chi connectivity index (χ2n) is 4.29. The van der Waals surface area contributed by atoms with Gasteiger partial charge in [0.05, 0.1) is 21.7 Å². The van der Waals surface area contributed by atoms with Gasteiger partial charge in [0.25, 0.3) is 0 Å². The van der Waals surface area contributed by atoms with E-state index in [2.05, 4.69) is 4.98 Å². The van der Waals surface area contributed by atoms with Gasteiger partial charge in [0.1, 0.15) is 17.1 Å². The molecule has 3 rings (SSSR count). The van der Waals surface area contributed by atoms with Crippen molar-refractivity contribution < 1.29 is 9.52 Å². The lowest BCUT2D eigenvalue weighted by atomic mass is 10.1. The third-order valence-corrected chi connectivity index (χ3v) is 3.70. The summed E-state index contributed by atoms with van der Waals surface area (Å²) in [4.78, 5) is 16.8. The van der Waals surface area contributed by atoms with Crippen molar-refractivity contribution in [2.75, 3.05) is 0 Å². The Hall–Kier alpha value is -2.14. The van der Waals surface area contributed by atoms with E-state index < -0.39 is 0 Å². The fraction of sp³-hybridized carbons (Fsp3) is 0.143. The quantitative estimate of drug-likeness (QED) is 0.739. The molecule has 2 aromatic heterocycles. The first-order valence-electron chi connectivity index (χ1n) is 5.75. The molecule has 0 amide bonds. The number of hydrogen-bond acceptors (Lipinski definition) is 5. The molecule has 19 heavy (non-hydrogen) atoms. The summed E-state index contributed by atoms with van der Waals surface area (Å²) >= 11 is 1.49. The molecule has 0 bridgehead atoms. The van der Waals surface area contributed by atoms with E-state index in [0.717, 1.165) is 5.01 Å². The first-order chi connectivity index (χ1) is 9.06. The summed E-state index contributed by atoms with van der Waals surface area (Å²) in [7, 11) is 0. The van der Waals surface area contributed by atoms with E-state index in [4.69, 9.17) is 4.42 Å². The summed E-state index contributed by atoms with van der Waals surface area (Å²) in [5.41, 5.74) is 1.40. The molecule has 96 valence electrons. The fourth-order valence-corrected chi connectivity index (χ4v) is 2.67. The van der Waals surface area contributed by atoms with Crippen LogP contribution in [0.1, 0.15) is 10.8 Å². The van der Waals surface area contributed by atoms with Crippen LogP contribution in [0, 0.1) is 13.8 Å². The third kappa shape index (κ3) is 1.92. The number of aromatic hydroxyl groups is 1. The lowest BCUT2D eigenvalue weighted by molar-refractivity contribution is 0.473. The first kappa shape index (κ1) is 11.9. The van der Waals surface area contributed by atoms with E-state index in [1.54, 1.807) is 13.0 Å². The zero-order valence-corrected chi connectivity index (χ0v) is 11.2. The molecule has 5 heteroatoms. The molecule has 4 nitrogen and oxygen atoms in total. The molecule has 2 heterocycles. The number of nitrogens with zero attached hydrogens (tertiary/aromatic N) is 1. The average Bonchev–Trinajstić information content (AvgIpc) is 2.75. The molecule has 0 aliphatic heterocycles. The summed E-state index contributed by atoms with van der Waals surface area (Å²) in [6.07, 6.45) is 0. The van der Waals surface area contributed by atoms with Crippen LogP contribution < -0.4 is 5.43 Å². The van der Waals surface area contributed by atoms with Crippen molar-refractivity contribution in [2.24, 2.45) is 0 Å². The largest absolute Gasteiger partial charge is 0.508 e. The fourth-order valence-electron chi connectivity index (χ4n) is 2.07. The van der Waals surface area contributed by atoms with E-state index >= 15 is 0 Å². The van der Waals surface area contributed by atoms with Crippen molar-refractivity contribution >= 4 is 22.3 Å².